The summed E-state index contributed by atoms with van der Waals surface area (Å²) in [5.74, 6) is -0.108. The topological polar surface area (TPSA) is 79.9 Å². The number of benzene rings is 1. The van der Waals surface area contributed by atoms with Crippen LogP contribution in [0.5, 0.6) is 0 Å². The average molecular weight is 349 g/mol. The van der Waals surface area contributed by atoms with Crippen LogP contribution in [0.3, 0.4) is 0 Å². The van der Waals surface area contributed by atoms with Crippen molar-refractivity contribution in [1.82, 2.24) is 10.2 Å². The second-order valence-electron chi connectivity index (χ2n) is 6.14. The van der Waals surface area contributed by atoms with Gasteiger partial charge in [-0.2, -0.15) is 0 Å². The molecule has 0 saturated carbocycles. The van der Waals surface area contributed by atoms with Crippen LogP contribution in [0.4, 0.5) is 5.69 Å². The highest BCUT2D eigenvalue weighted by Crippen LogP contribution is 2.27. The first-order valence-electron chi connectivity index (χ1n) is 8.48. The minimum Gasteiger partial charge on any atom is -0.383 e. The molecular formula is C18H27N3O4. The molecule has 0 aliphatic carbocycles. The van der Waals surface area contributed by atoms with Gasteiger partial charge in [-0.05, 0) is 25.0 Å². The number of para-hydroxylation sites is 1. The summed E-state index contributed by atoms with van der Waals surface area (Å²) >= 11 is 0. The Morgan fingerprint density at radius 3 is 2.40 bits per heavy atom. The lowest BCUT2D eigenvalue weighted by molar-refractivity contribution is -0.139. The van der Waals surface area contributed by atoms with Crippen molar-refractivity contribution in [1.29, 1.82) is 0 Å². The van der Waals surface area contributed by atoms with Crippen LogP contribution in [0.15, 0.2) is 30.3 Å². The molecular weight excluding hydrogens is 322 g/mol. The molecule has 7 heteroatoms. The molecule has 1 aromatic carbocycles. The number of likely N-dealkylation sites (tertiary alicyclic amines) is 1. The molecule has 1 aliphatic heterocycles. The lowest BCUT2D eigenvalue weighted by atomic mass is 9.85. The number of amides is 2. The first kappa shape index (κ1) is 19.2. The molecule has 2 N–H and O–H groups in total. The first-order valence-corrected chi connectivity index (χ1v) is 8.48. The van der Waals surface area contributed by atoms with Crippen molar-refractivity contribution in [2.75, 3.05) is 52.4 Å². The van der Waals surface area contributed by atoms with Crippen molar-refractivity contribution in [2.24, 2.45) is 0 Å². The van der Waals surface area contributed by atoms with Crippen LogP contribution in [0.1, 0.15) is 12.8 Å². The molecule has 2 rings (SSSR count). The van der Waals surface area contributed by atoms with Gasteiger partial charge < -0.3 is 25.0 Å². The van der Waals surface area contributed by atoms with Crippen molar-refractivity contribution in [3.63, 3.8) is 0 Å². The molecule has 0 bridgehead atoms. The summed E-state index contributed by atoms with van der Waals surface area (Å²) in [5.41, 5.74) is 0.153. The zero-order valence-electron chi connectivity index (χ0n) is 14.9. The number of carbonyl (C=O) groups excluding carboxylic acids is 2. The Morgan fingerprint density at radius 1 is 1.12 bits per heavy atom. The highest BCUT2D eigenvalue weighted by molar-refractivity contribution is 5.90. The minimum absolute atomic E-state index is 0.0457. The van der Waals surface area contributed by atoms with Gasteiger partial charge in [0.1, 0.15) is 12.1 Å². The smallest absolute Gasteiger partial charge is 0.248 e. The van der Waals surface area contributed by atoms with Crippen LogP contribution in [-0.4, -0.2) is 69.3 Å². The Morgan fingerprint density at radius 2 is 1.80 bits per heavy atom. The molecule has 1 heterocycles. The Kier molecular flexibility index (Phi) is 7.21. The zero-order chi connectivity index (χ0) is 18.1. The molecule has 0 radical (unpaired) electrons. The maximum Gasteiger partial charge on any atom is 0.248 e. The average Bonchev–Trinajstić information content (AvgIpc) is 2.63. The second-order valence-corrected chi connectivity index (χ2v) is 6.14. The lowest BCUT2D eigenvalue weighted by Gasteiger charge is -2.41. The fourth-order valence-electron chi connectivity index (χ4n) is 3.00. The van der Waals surface area contributed by atoms with Crippen molar-refractivity contribution < 1.29 is 19.1 Å². The molecule has 2 amide bonds. The number of methoxy groups -OCH3 is 2. The molecule has 0 spiro atoms. The van der Waals surface area contributed by atoms with Gasteiger partial charge in [0.2, 0.25) is 11.8 Å². The van der Waals surface area contributed by atoms with Gasteiger partial charge in [0.05, 0.1) is 6.61 Å². The lowest BCUT2D eigenvalue weighted by Crippen LogP contribution is -2.59. The van der Waals surface area contributed by atoms with Crippen molar-refractivity contribution in [3.8, 4) is 0 Å². The quantitative estimate of drug-likeness (QED) is 0.681. The van der Waals surface area contributed by atoms with E-state index in [0.29, 0.717) is 39.1 Å². The largest absolute Gasteiger partial charge is 0.383 e. The molecule has 25 heavy (non-hydrogen) atoms. The summed E-state index contributed by atoms with van der Waals surface area (Å²) in [5, 5.41) is 6.32. The highest BCUT2D eigenvalue weighted by atomic mass is 16.5. The van der Waals surface area contributed by atoms with Crippen molar-refractivity contribution in [2.45, 2.75) is 18.4 Å². The number of piperidine rings is 1. The number of hydrogen-bond donors (Lipinski definition) is 2. The van der Waals surface area contributed by atoms with Gasteiger partial charge in [0, 0.05) is 39.5 Å². The molecule has 0 aromatic heterocycles. The predicted octanol–water partition coefficient (Wildman–Crippen LogP) is 0.869. The summed E-state index contributed by atoms with van der Waals surface area (Å²) in [6, 6.07) is 9.66. The summed E-state index contributed by atoms with van der Waals surface area (Å²) in [4.78, 5) is 26.6. The third-order valence-electron chi connectivity index (χ3n) is 4.42. The number of hydrogen-bond acceptors (Lipinski definition) is 5. The summed E-state index contributed by atoms with van der Waals surface area (Å²) in [6.07, 6.45) is 1.08. The first-order chi connectivity index (χ1) is 12.1. The van der Waals surface area contributed by atoms with Gasteiger partial charge >= 0.3 is 0 Å². The van der Waals surface area contributed by atoms with Gasteiger partial charge in [0.15, 0.2) is 0 Å². The van der Waals surface area contributed by atoms with Gasteiger partial charge in [-0.15, -0.1) is 0 Å². The van der Waals surface area contributed by atoms with E-state index in [0.717, 1.165) is 5.69 Å². The summed E-state index contributed by atoms with van der Waals surface area (Å²) < 4.78 is 9.92. The predicted molar refractivity (Wildman–Crippen MR) is 95.4 cm³/mol. The number of nitrogens with one attached hydrogen (secondary N) is 2. The van der Waals surface area contributed by atoms with E-state index in [1.54, 1.807) is 12.0 Å². The van der Waals surface area contributed by atoms with Crippen LogP contribution in [-0.2, 0) is 19.1 Å². The molecule has 138 valence electrons. The molecule has 7 nitrogen and oxygen atoms in total. The van der Waals surface area contributed by atoms with E-state index in [-0.39, 0.29) is 18.4 Å². The minimum atomic E-state index is -0.737. The fourth-order valence-corrected chi connectivity index (χ4v) is 3.00. The SMILES string of the molecule is COCCNC(=O)C1(Nc2ccccc2)CCN(C(=O)COC)CC1. The molecule has 1 aliphatic rings. The maximum atomic E-state index is 12.8. The Balaban J connectivity index is 2.08. The van der Waals surface area contributed by atoms with Gasteiger partial charge in [-0.25, -0.2) is 0 Å². The van der Waals surface area contributed by atoms with Crippen molar-refractivity contribution in [3.05, 3.63) is 30.3 Å². The van der Waals surface area contributed by atoms with Crippen LogP contribution in [0, 0.1) is 0 Å². The molecule has 1 saturated heterocycles. The van der Waals surface area contributed by atoms with E-state index in [4.69, 9.17) is 9.47 Å². The van der Waals surface area contributed by atoms with E-state index >= 15 is 0 Å². The van der Waals surface area contributed by atoms with Gasteiger partial charge in [0.25, 0.3) is 0 Å². The third-order valence-corrected chi connectivity index (χ3v) is 4.42. The summed E-state index contributed by atoms with van der Waals surface area (Å²) in [6.45, 7) is 2.02. The molecule has 1 fully saturated rings. The van der Waals surface area contributed by atoms with Gasteiger partial charge in [-0.3, -0.25) is 9.59 Å². The Hall–Kier alpha value is -2.12. The molecule has 1 aromatic rings. The standard InChI is InChI=1S/C18H27N3O4/c1-24-13-10-19-17(23)18(20-15-6-4-3-5-7-15)8-11-21(12-9-18)16(22)14-25-2/h3-7,20H,8-14H2,1-2H3,(H,19,23). The number of anilines is 1. The molecule has 0 atom stereocenters. The number of ether oxygens (including phenoxy) is 2. The fraction of sp³-hybridized carbons (Fsp3) is 0.556. The van der Waals surface area contributed by atoms with E-state index in [1.807, 2.05) is 30.3 Å². The van der Waals surface area contributed by atoms with E-state index in [1.165, 1.54) is 7.11 Å². The highest BCUT2D eigenvalue weighted by Gasteiger charge is 2.42. The van der Waals surface area contributed by atoms with E-state index < -0.39 is 5.54 Å². The van der Waals surface area contributed by atoms with Crippen LogP contribution in [0.2, 0.25) is 0 Å². The van der Waals surface area contributed by atoms with Crippen LogP contribution >= 0.6 is 0 Å². The van der Waals surface area contributed by atoms with Crippen LogP contribution in [0.25, 0.3) is 0 Å². The van der Waals surface area contributed by atoms with E-state index in [9.17, 15) is 9.59 Å². The normalized spacial score (nSPS) is 16.3. The molecule has 0 unspecified atom stereocenters. The third kappa shape index (κ3) is 5.17. The Bertz CT molecular complexity index is 557. The van der Waals surface area contributed by atoms with E-state index in [2.05, 4.69) is 10.6 Å². The Labute approximate surface area is 148 Å². The zero-order valence-corrected chi connectivity index (χ0v) is 14.9. The number of rotatable bonds is 8. The number of nitrogens with zero attached hydrogens (tertiary/aromatic N) is 1. The van der Waals surface area contributed by atoms with Crippen LogP contribution < -0.4 is 10.6 Å². The number of carbonyl (C=O) groups is 2. The second kappa shape index (κ2) is 9.39. The van der Waals surface area contributed by atoms with Gasteiger partial charge in [-0.1, -0.05) is 18.2 Å². The summed E-state index contributed by atoms with van der Waals surface area (Å²) in [7, 11) is 3.11. The maximum absolute atomic E-state index is 12.8. The monoisotopic (exact) mass is 349 g/mol. The van der Waals surface area contributed by atoms with Crippen molar-refractivity contribution >= 4 is 17.5 Å².